The van der Waals surface area contributed by atoms with E-state index in [2.05, 4.69) is 27.4 Å². The molecule has 0 spiro atoms. The Labute approximate surface area is 175 Å². The summed E-state index contributed by atoms with van der Waals surface area (Å²) in [4.78, 5) is 26.0. The number of fused-ring (bicyclic) bond motifs is 2. The molecule has 7 heteroatoms. The predicted octanol–water partition coefficient (Wildman–Crippen LogP) is 4.13. The fourth-order valence-electron chi connectivity index (χ4n) is 4.48. The molecule has 0 bridgehead atoms. The second-order valence-corrected chi connectivity index (χ2v) is 9.93. The van der Waals surface area contributed by atoms with Crippen LogP contribution in [0.5, 0.6) is 0 Å². The van der Waals surface area contributed by atoms with Crippen LogP contribution >= 0.6 is 23.1 Å². The quantitative estimate of drug-likeness (QED) is 0.737. The molecule has 28 heavy (non-hydrogen) atoms. The standard InChI is InChI=1S/C21H26N4OS2.H2/c26-19(23-15-6-2-1-3-7-15)20-24-17-8-4-5-14-9-11-25(21-22-10-12-27-21)13-16(14)18(17)28-20;/h1-2,15H,3-13H2,(H,23,26);1H. The molecule has 1 unspecified atom stereocenters. The number of aryl methyl sites for hydroxylation is 1. The maximum atomic E-state index is 12.8. The number of nitrogens with zero attached hydrogens (tertiary/aromatic N) is 3. The van der Waals surface area contributed by atoms with Crippen LogP contribution in [0.2, 0.25) is 0 Å². The molecule has 1 aromatic rings. The number of carbonyl (C=O) groups is 1. The van der Waals surface area contributed by atoms with E-state index in [0.717, 1.165) is 69.6 Å². The van der Waals surface area contributed by atoms with Gasteiger partial charge in [-0.25, -0.2) is 4.98 Å². The lowest BCUT2D eigenvalue weighted by Crippen LogP contribution is -2.35. The van der Waals surface area contributed by atoms with Crippen LogP contribution < -0.4 is 5.32 Å². The van der Waals surface area contributed by atoms with Gasteiger partial charge in [-0.15, -0.1) is 11.3 Å². The number of carbonyl (C=O) groups excluding carboxylic acids is 1. The highest BCUT2D eigenvalue weighted by atomic mass is 32.2. The third-order valence-electron chi connectivity index (χ3n) is 5.96. The fraction of sp³-hybridized carbons (Fsp3) is 0.571. The number of nitrogens with one attached hydrogen (secondary N) is 1. The summed E-state index contributed by atoms with van der Waals surface area (Å²) in [5.74, 6) is 1.11. The number of amides is 1. The van der Waals surface area contributed by atoms with Crippen molar-refractivity contribution in [2.45, 2.75) is 51.0 Å². The highest BCUT2D eigenvalue weighted by Gasteiger charge is 2.30. The number of hydrogen-bond acceptors (Lipinski definition) is 6. The molecular weight excluding hydrogens is 388 g/mol. The Balaban J connectivity index is 0.00000205. The summed E-state index contributed by atoms with van der Waals surface area (Å²) in [7, 11) is 0. The van der Waals surface area contributed by atoms with Crippen LogP contribution in [0.15, 0.2) is 22.7 Å². The molecule has 3 heterocycles. The van der Waals surface area contributed by atoms with E-state index < -0.39 is 0 Å². The molecule has 150 valence electrons. The summed E-state index contributed by atoms with van der Waals surface area (Å²) >= 11 is 3.48. The maximum absolute atomic E-state index is 12.8. The lowest BCUT2D eigenvalue weighted by molar-refractivity contribution is 0.0934. The van der Waals surface area contributed by atoms with Gasteiger partial charge in [0.2, 0.25) is 0 Å². The molecule has 1 atom stereocenters. The van der Waals surface area contributed by atoms with Crippen molar-refractivity contribution in [3.05, 3.63) is 33.3 Å². The Morgan fingerprint density at radius 1 is 1.29 bits per heavy atom. The molecule has 1 aromatic heterocycles. The zero-order chi connectivity index (χ0) is 18.9. The van der Waals surface area contributed by atoms with Crippen molar-refractivity contribution in [2.24, 2.45) is 4.99 Å². The Bertz CT molecular complexity index is 876. The Kier molecular flexibility index (Phi) is 5.28. The second kappa shape index (κ2) is 8.03. The summed E-state index contributed by atoms with van der Waals surface area (Å²) in [6, 6.07) is 0.249. The minimum absolute atomic E-state index is 0. The number of aliphatic imine (C=N–C) groups is 1. The third-order valence-corrected chi connectivity index (χ3v) is 8.15. The van der Waals surface area contributed by atoms with Crippen LogP contribution in [0.1, 0.15) is 60.3 Å². The Morgan fingerprint density at radius 2 is 2.25 bits per heavy atom. The van der Waals surface area contributed by atoms with Crippen molar-refractivity contribution >= 4 is 39.7 Å². The first-order chi connectivity index (χ1) is 13.8. The number of allylic oxidation sites excluding steroid dienone is 1. The van der Waals surface area contributed by atoms with E-state index in [9.17, 15) is 4.79 Å². The van der Waals surface area contributed by atoms with Crippen LogP contribution in [0.3, 0.4) is 0 Å². The van der Waals surface area contributed by atoms with Crippen LogP contribution in [0.4, 0.5) is 0 Å². The smallest absolute Gasteiger partial charge is 0.280 e. The van der Waals surface area contributed by atoms with Crippen LogP contribution in [0.25, 0.3) is 5.57 Å². The molecule has 4 aliphatic rings. The molecular formula is C21H28N4OS2. The SMILES string of the molecule is O=C(NC1CC=CCC1)c1nc2c(s1)C1=C(CCC2)CCN(C2=NCCS2)C1.[HH]. The first-order valence-corrected chi connectivity index (χ1v) is 12.2. The average molecular weight is 417 g/mol. The minimum Gasteiger partial charge on any atom is -0.347 e. The summed E-state index contributed by atoms with van der Waals surface area (Å²) in [5.41, 5.74) is 4.13. The highest BCUT2D eigenvalue weighted by Crippen LogP contribution is 2.39. The zero-order valence-corrected chi connectivity index (χ0v) is 17.7. The van der Waals surface area contributed by atoms with E-state index in [1.807, 2.05) is 11.8 Å². The lowest BCUT2D eigenvalue weighted by atomic mass is 9.97. The van der Waals surface area contributed by atoms with Gasteiger partial charge in [-0.05, 0) is 50.5 Å². The van der Waals surface area contributed by atoms with Crippen molar-refractivity contribution in [1.29, 1.82) is 0 Å². The Hall–Kier alpha value is -1.60. The summed E-state index contributed by atoms with van der Waals surface area (Å²) in [5, 5.41) is 5.03. The first kappa shape index (κ1) is 18.4. The van der Waals surface area contributed by atoms with E-state index in [1.165, 1.54) is 22.0 Å². The normalized spacial score (nSPS) is 24.5. The van der Waals surface area contributed by atoms with Gasteiger partial charge in [0.15, 0.2) is 10.2 Å². The molecule has 2 aliphatic carbocycles. The van der Waals surface area contributed by atoms with Gasteiger partial charge in [-0.3, -0.25) is 9.79 Å². The number of thiazole rings is 1. The second-order valence-electron chi connectivity index (χ2n) is 7.87. The fourth-order valence-corrected chi connectivity index (χ4v) is 6.47. The molecule has 0 saturated heterocycles. The molecule has 5 nitrogen and oxygen atoms in total. The average Bonchev–Trinajstić information content (AvgIpc) is 3.37. The molecule has 2 aliphatic heterocycles. The number of hydrogen-bond donors (Lipinski definition) is 1. The van der Waals surface area contributed by atoms with Crippen molar-refractivity contribution in [1.82, 2.24) is 15.2 Å². The van der Waals surface area contributed by atoms with Crippen molar-refractivity contribution in [3.8, 4) is 0 Å². The first-order valence-electron chi connectivity index (χ1n) is 10.4. The predicted molar refractivity (Wildman–Crippen MR) is 119 cm³/mol. The lowest BCUT2D eigenvalue weighted by Gasteiger charge is -2.31. The number of amidine groups is 1. The van der Waals surface area contributed by atoms with E-state index in [4.69, 9.17) is 4.98 Å². The molecule has 1 amide bonds. The van der Waals surface area contributed by atoms with Crippen LogP contribution in [0, 0.1) is 0 Å². The largest absolute Gasteiger partial charge is 0.347 e. The number of aromatic nitrogens is 1. The van der Waals surface area contributed by atoms with E-state index in [1.54, 1.807) is 16.9 Å². The van der Waals surface area contributed by atoms with E-state index >= 15 is 0 Å². The summed E-state index contributed by atoms with van der Waals surface area (Å²) in [6.07, 6.45) is 11.8. The van der Waals surface area contributed by atoms with Crippen molar-refractivity contribution in [3.63, 3.8) is 0 Å². The van der Waals surface area contributed by atoms with E-state index in [0.29, 0.717) is 5.01 Å². The van der Waals surface area contributed by atoms with Gasteiger partial charge in [-0.2, -0.15) is 0 Å². The van der Waals surface area contributed by atoms with Crippen molar-refractivity contribution in [2.75, 3.05) is 25.4 Å². The number of thioether (sulfide) groups is 1. The molecule has 0 fully saturated rings. The number of rotatable bonds is 2. The van der Waals surface area contributed by atoms with Gasteiger partial charge in [0.25, 0.3) is 5.91 Å². The topological polar surface area (TPSA) is 57.6 Å². The molecule has 0 radical (unpaired) electrons. The zero-order valence-electron chi connectivity index (χ0n) is 16.1. The third kappa shape index (κ3) is 3.66. The highest BCUT2D eigenvalue weighted by molar-refractivity contribution is 8.14. The van der Waals surface area contributed by atoms with Crippen LogP contribution in [-0.2, 0) is 6.42 Å². The monoisotopic (exact) mass is 416 g/mol. The van der Waals surface area contributed by atoms with Gasteiger partial charge in [0, 0.05) is 26.3 Å². The Morgan fingerprint density at radius 3 is 3.07 bits per heavy atom. The molecule has 1 N–H and O–H groups in total. The minimum atomic E-state index is 0. The van der Waals surface area contributed by atoms with Crippen LogP contribution in [-0.4, -0.2) is 52.4 Å². The van der Waals surface area contributed by atoms with Crippen molar-refractivity contribution < 1.29 is 6.22 Å². The summed E-state index contributed by atoms with van der Waals surface area (Å²) in [6.45, 7) is 2.93. The molecule has 0 saturated carbocycles. The van der Waals surface area contributed by atoms with Gasteiger partial charge in [0.1, 0.15) is 0 Å². The van der Waals surface area contributed by atoms with Gasteiger partial charge in [-0.1, -0.05) is 29.5 Å². The summed E-state index contributed by atoms with van der Waals surface area (Å²) < 4.78 is 0. The van der Waals surface area contributed by atoms with Gasteiger partial charge < -0.3 is 10.2 Å². The molecule has 0 aromatic carbocycles. The van der Waals surface area contributed by atoms with E-state index in [-0.39, 0.29) is 13.4 Å². The van der Waals surface area contributed by atoms with Gasteiger partial charge >= 0.3 is 0 Å². The molecule has 5 rings (SSSR count). The van der Waals surface area contributed by atoms with Gasteiger partial charge in [0.05, 0.1) is 17.1 Å². The maximum Gasteiger partial charge on any atom is 0.280 e.